The van der Waals surface area contributed by atoms with Crippen LogP contribution in [0.2, 0.25) is 10.0 Å². The minimum absolute atomic E-state index is 0.115. The molecule has 266 valence electrons. The summed E-state index contributed by atoms with van der Waals surface area (Å²) in [5, 5.41) is 13.0. The summed E-state index contributed by atoms with van der Waals surface area (Å²) in [5.41, 5.74) is 6.14. The number of para-hydroxylation sites is 2. The number of benzene rings is 5. The average Bonchev–Trinajstić information content (AvgIpc) is 3.67. The molecule has 52 heavy (non-hydrogen) atoms. The van der Waals surface area contributed by atoms with Gasteiger partial charge in [0.1, 0.15) is 5.75 Å². The molecule has 0 spiro atoms. The lowest BCUT2D eigenvalue weighted by Crippen LogP contribution is -2.26. The number of aromatic nitrogens is 2. The normalized spacial score (nSPS) is 12.3. The number of phenols is 1. The van der Waals surface area contributed by atoms with Crippen LogP contribution in [0.5, 0.6) is 5.75 Å². The van der Waals surface area contributed by atoms with Gasteiger partial charge in [0, 0.05) is 56.3 Å². The van der Waals surface area contributed by atoms with Gasteiger partial charge in [0.25, 0.3) is 0 Å². The number of hydrogen-bond acceptors (Lipinski definition) is 5. The molecule has 7 rings (SSSR count). The van der Waals surface area contributed by atoms with E-state index in [1.54, 1.807) is 12.1 Å². The second kappa shape index (κ2) is 14.8. The van der Waals surface area contributed by atoms with Gasteiger partial charge >= 0.3 is 0 Å². The van der Waals surface area contributed by atoms with Gasteiger partial charge in [-0.2, -0.15) is 0 Å². The third-order valence-corrected chi connectivity index (χ3v) is 12.5. The quantitative estimate of drug-likeness (QED) is 0.0810. The lowest BCUT2D eigenvalue weighted by Gasteiger charge is -2.21. The summed E-state index contributed by atoms with van der Waals surface area (Å²) in [4.78, 5) is 7.52. The first-order valence-corrected chi connectivity index (χ1v) is 20.2. The minimum Gasteiger partial charge on any atom is -0.508 e. The Balaban J connectivity index is 1.29. The van der Waals surface area contributed by atoms with E-state index in [1.165, 1.54) is 48.5 Å². The van der Waals surface area contributed by atoms with E-state index in [-0.39, 0.29) is 28.6 Å². The molecular formula is C39H34Cl2N4O5S2. The average molecular weight is 774 g/mol. The molecule has 0 amide bonds. The highest BCUT2D eigenvalue weighted by atomic mass is 35.5. The number of aromatic amines is 2. The number of halogens is 2. The van der Waals surface area contributed by atoms with E-state index < -0.39 is 26.0 Å². The van der Waals surface area contributed by atoms with Crippen molar-refractivity contribution in [2.75, 3.05) is 13.1 Å². The Morgan fingerprint density at radius 1 is 0.558 bits per heavy atom. The molecule has 0 bridgehead atoms. The first-order valence-electron chi connectivity index (χ1n) is 16.5. The maximum atomic E-state index is 13.2. The standard InChI is InChI=1S/C39H34Cl2N4O5S2/c40-26-11-17-29(18-12-26)51(47,48)42-23-21-33-31-5-1-3-7-35(31)44-38(33)37(25-9-15-28(46)16-10-25)39-34(32-6-2-4-8-36(32)45-39)22-24-43-52(49,50)30-19-13-27(41)14-20-30/h1-20,37,42-46H,21-24H2. The van der Waals surface area contributed by atoms with Crippen LogP contribution in [0.3, 0.4) is 0 Å². The van der Waals surface area contributed by atoms with Crippen LogP contribution in [-0.2, 0) is 32.9 Å². The van der Waals surface area contributed by atoms with Crippen LogP contribution < -0.4 is 9.44 Å². The number of fused-ring (bicyclic) bond motifs is 2. The summed E-state index contributed by atoms with van der Waals surface area (Å²) in [5.74, 6) is -0.324. The van der Waals surface area contributed by atoms with Crippen molar-refractivity contribution in [3.05, 3.63) is 159 Å². The summed E-state index contributed by atoms with van der Waals surface area (Å²) < 4.78 is 58.3. The molecule has 5 N–H and O–H groups in total. The number of phenolic OH excluding ortho intramolecular Hbond substituents is 1. The molecule has 0 atom stereocenters. The molecular weight excluding hydrogens is 739 g/mol. The summed E-state index contributed by atoms with van der Waals surface area (Å²) >= 11 is 12.0. The lowest BCUT2D eigenvalue weighted by atomic mass is 9.86. The van der Waals surface area contributed by atoms with E-state index in [4.69, 9.17) is 23.2 Å². The van der Waals surface area contributed by atoms with Crippen molar-refractivity contribution in [3.8, 4) is 5.75 Å². The van der Waals surface area contributed by atoms with Crippen molar-refractivity contribution in [2.45, 2.75) is 28.6 Å². The first kappa shape index (κ1) is 35.8. The number of sulfonamides is 2. The van der Waals surface area contributed by atoms with Gasteiger partial charge in [-0.25, -0.2) is 26.3 Å². The molecule has 5 aromatic carbocycles. The Hall–Kier alpha value is -4.62. The number of rotatable bonds is 13. The molecule has 2 heterocycles. The van der Waals surface area contributed by atoms with Gasteiger partial charge < -0.3 is 15.1 Å². The highest BCUT2D eigenvalue weighted by Gasteiger charge is 2.29. The van der Waals surface area contributed by atoms with Crippen LogP contribution in [0, 0.1) is 0 Å². The maximum absolute atomic E-state index is 13.2. The van der Waals surface area contributed by atoms with Crippen LogP contribution >= 0.6 is 23.2 Å². The highest BCUT2D eigenvalue weighted by molar-refractivity contribution is 7.89. The topological polar surface area (TPSA) is 144 Å². The Labute approximate surface area is 311 Å². The second-order valence-electron chi connectivity index (χ2n) is 12.4. The van der Waals surface area contributed by atoms with Crippen molar-refractivity contribution in [3.63, 3.8) is 0 Å². The van der Waals surface area contributed by atoms with E-state index in [9.17, 15) is 21.9 Å². The fourth-order valence-corrected chi connectivity index (χ4v) is 8.95. The van der Waals surface area contributed by atoms with Crippen LogP contribution in [0.15, 0.2) is 131 Å². The molecule has 0 saturated carbocycles. The van der Waals surface area contributed by atoms with Gasteiger partial charge in [0.15, 0.2) is 0 Å². The van der Waals surface area contributed by atoms with Crippen molar-refractivity contribution in [2.24, 2.45) is 0 Å². The highest BCUT2D eigenvalue weighted by Crippen LogP contribution is 2.40. The van der Waals surface area contributed by atoms with Crippen molar-refractivity contribution in [1.82, 2.24) is 19.4 Å². The predicted octanol–water partition coefficient (Wildman–Crippen LogP) is 7.88. The van der Waals surface area contributed by atoms with Crippen LogP contribution in [0.4, 0.5) is 0 Å². The molecule has 7 aromatic rings. The Morgan fingerprint density at radius 2 is 0.962 bits per heavy atom. The number of H-pyrrole nitrogens is 2. The zero-order valence-electron chi connectivity index (χ0n) is 27.6. The van der Waals surface area contributed by atoms with Crippen LogP contribution in [0.1, 0.15) is 34.0 Å². The third-order valence-electron chi connectivity index (χ3n) is 9.08. The predicted molar refractivity (Wildman–Crippen MR) is 206 cm³/mol. The summed E-state index contributed by atoms with van der Waals surface area (Å²) in [6, 6.07) is 34.7. The van der Waals surface area contributed by atoms with Crippen LogP contribution in [0.25, 0.3) is 21.8 Å². The van der Waals surface area contributed by atoms with E-state index in [2.05, 4.69) is 19.4 Å². The van der Waals surface area contributed by atoms with Crippen molar-refractivity contribution < 1.29 is 21.9 Å². The van der Waals surface area contributed by atoms with E-state index >= 15 is 0 Å². The van der Waals surface area contributed by atoms with Gasteiger partial charge in [0.2, 0.25) is 20.0 Å². The van der Waals surface area contributed by atoms with Crippen LogP contribution in [-0.4, -0.2) is 45.0 Å². The van der Waals surface area contributed by atoms with Gasteiger partial charge in [0.05, 0.1) is 15.7 Å². The molecule has 0 fully saturated rings. The second-order valence-corrected chi connectivity index (χ2v) is 16.8. The zero-order valence-corrected chi connectivity index (χ0v) is 30.8. The molecule has 0 aliphatic carbocycles. The third kappa shape index (κ3) is 7.47. The first-order chi connectivity index (χ1) is 25.0. The SMILES string of the molecule is O=S(=O)(NCCc1c(C(c2ccc(O)cc2)c2[nH]c3ccccc3c2CCNS(=O)(=O)c2ccc(Cl)cc2)[nH]c2ccccc12)c1ccc(Cl)cc1. The zero-order chi connectivity index (χ0) is 36.5. The Bertz CT molecular complexity index is 2430. The number of hydrogen-bond donors (Lipinski definition) is 5. The summed E-state index contributed by atoms with van der Waals surface area (Å²) in [6.07, 6.45) is 0.717. The van der Waals surface area contributed by atoms with Gasteiger partial charge in [-0.15, -0.1) is 0 Å². The van der Waals surface area contributed by atoms with E-state index in [0.29, 0.717) is 22.9 Å². The van der Waals surface area contributed by atoms with E-state index in [0.717, 1.165) is 49.9 Å². The monoisotopic (exact) mass is 772 g/mol. The molecule has 13 heteroatoms. The van der Waals surface area contributed by atoms with Crippen molar-refractivity contribution in [1.29, 1.82) is 0 Å². The molecule has 2 aromatic heterocycles. The Kier molecular flexibility index (Phi) is 10.2. The minimum atomic E-state index is -3.81. The van der Waals surface area contributed by atoms with Gasteiger partial charge in [-0.1, -0.05) is 71.7 Å². The summed E-state index contributed by atoms with van der Waals surface area (Å²) in [6.45, 7) is 0.238. The maximum Gasteiger partial charge on any atom is 0.240 e. The lowest BCUT2D eigenvalue weighted by molar-refractivity contribution is 0.475. The fourth-order valence-electron chi connectivity index (χ4n) is 6.63. The fraction of sp³-hybridized carbons (Fsp3) is 0.128. The number of aromatic hydroxyl groups is 1. The van der Waals surface area contributed by atoms with E-state index in [1.807, 2.05) is 60.7 Å². The largest absolute Gasteiger partial charge is 0.508 e. The number of nitrogens with one attached hydrogen (secondary N) is 4. The molecule has 0 aliphatic rings. The molecule has 0 aliphatic heterocycles. The van der Waals surface area contributed by atoms with Gasteiger partial charge in [-0.05, 0) is 102 Å². The smallest absolute Gasteiger partial charge is 0.240 e. The van der Waals surface area contributed by atoms with Crippen molar-refractivity contribution >= 4 is 65.1 Å². The molecule has 0 radical (unpaired) electrons. The summed E-state index contributed by atoms with van der Waals surface area (Å²) in [7, 11) is -7.62. The molecule has 0 saturated heterocycles. The molecule has 9 nitrogen and oxygen atoms in total. The Morgan fingerprint density at radius 3 is 1.38 bits per heavy atom. The molecule has 0 unspecified atom stereocenters. The van der Waals surface area contributed by atoms with Gasteiger partial charge in [-0.3, -0.25) is 0 Å².